The van der Waals surface area contributed by atoms with Crippen LogP contribution in [0, 0.1) is 0 Å². The van der Waals surface area contributed by atoms with E-state index in [-0.39, 0.29) is 24.4 Å². The van der Waals surface area contributed by atoms with Crippen LogP contribution in [0.4, 0.5) is 0 Å². The molecule has 0 aliphatic carbocycles. The van der Waals surface area contributed by atoms with Gasteiger partial charge in [-0.1, -0.05) is 6.07 Å². The Kier molecular flexibility index (Phi) is 6.72. The summed E-state index contributed by atoms with van der Waals surface area (Å²) in [6.07, 6.45) is 0.418. The van der Waals surface area contributed by atoms with Crippen LogP contribution in [0.2, 0.25) is 0 Å². The number of phenolic OH excluding ortho intramolecular Hbond substituents is 1. The molecule has 6 heteroatoms. The number of rotatable bonds is 9. The van der Waals surface area contributed by atoms with E-state index < -0.39 is 0 Å². The van der Waals surface area contributed by atoms with Gasteiger partial charge in [-0.2, -0.15) is 0 Å². The lowest BCUT2D eigenvalue weighted by molar-refractivity contribution is -0.117. The van der Waals surface area contributed by atoms with Crippen LogP contribution in [0.3, 0.4) is 0 Å². The molecule has 2 aromatic carbocycles. The molecule has 0 aliphatic heterocycles. The zero-order valence-corrected chi connectivity index (χ0v) is 15.5. The van der Waals surface area contributed by atoms with Crippen LogP contribution in [0.15, 0.2) is 30.3 Å². The molecule has 2 rings (SSSR count). The molecule has 1 N–H and O–H groups in total. The van der Waals surface area contributed by atoms with Crippen molar-refractivity contribution < 1.29 is 28.8 Å². The Morgan fingerprint density at radius 3 is 2.00 bits per heavy atom. The summed E-state index contributed by atoms with van der Waals surface area (Å²) in [7, 11) is 4.60. The highest BCUT2D eigenvalue weighted by Gasteiger charge is 2.15. The smallest absolute Gasteiger partial charge is 0.203 e. The second kappa shape index (κ2) is 8.99. The van der Waals surface area contributed by atoms with Crippen LogP contribution in [-0.4, -0.2) is 38.8 Å². The Labute approximate surface area is 153 Å². The van der Waals surface area contributed by atoms with Crippen LogP contribution in [0.25, 0.3) is 0 Å². The highest BCUT2D eigenvalue weighted by Crippen LogP contribution is 2.38. The summed E-state index contributed by atoms with van der Waals surface area (Å²) in [6, 6.07) is 8.51. The number of carbonyl (C=O) groups excluding carboxylic acids is 1. The van der Waals surface area contributed by atoms with E-state index in [1.165, 1.54) is 21.3 Å². The summed E-state index contributed by atoms with van der Waals surface area (Å²) in [5.74, 6) is 1.95. The van der Waals surface area contributed by atoms with Crippen molar-refractivity contribution in [3.8, 4) is 28.7 Å². The Balaban J connectivity index is 2.13. The fraction of sp³-hybridized carbons (Fsp3) is 0.350. The molecule has 2 aromatic rings. The van der Waals surface area contributed by atoms with Gasteiger partial charge < -0.3 is 24.1 Å². The van der Waals surface area contributed by atoms with Crippen LogP contribution in [0.5, 0.6) is 28.7 Å². The topological polar surface area (TPSA) is 74.2 Å². The first-order chi connectivity index (χ1) is 12.5. The predicted octanol–water partition coefficient (Wildman–Crippen LogP) is 3.17. The molecule has 26 heavy (non-hydrogen) atoms. The van der Waals surface area contributed by atoms with E-state index >= 15 is 0 Å². The van der Waals surface area contributed by atoms with Gasteiger partial charge in [0.15, 0.2) is 23.0 Å². The molecule has 0 heterocycles. The van der Waals surface area contributed by atoms with Crippen LogP contribution in [0.1, 0.15) is 18.1 Å². The summed E-state index contributed by atoms with van der Waals surface area (Å²) in [5.41, 5.74) is 1.49. The van der Waals surface area contributed by atoms with Crippen molar-refractivity contribution >= 4 is 5.78 Å². The molecule has 0 spiro atoms. The quantitative estimate of drug-likeness (QED) is 0.740. The minimum atomic E-state index is 0.00262. The number of aromatic hydroxyl groups is 1. The van der Waals surface area contributed by atoms with Gasteiger partial charge in [0.05, 0.1) is 27.9 Å². The van der Waals surface area contributed by atoms with E-state index in [1.807, 2.05) is 6.92 Å². The molecule has 0 aromatic heterocycles. The second-order valence-corrected chi connectivity index (χ2v) is 5.66. The number of methoxy groups -OCH3 is 3. The standard InChI is InChI=1S/C20H24O6/c1-5-26-17-7-6-13(10-16(17)22)8-15(21)9-14-11-18(23-2)20(25-4)19(12-14)24-3/h6-7,10-12,22H,5,8-9H2,1-4H3. The van der Waals surface area contributed by atoms with Crippen molar-refractivity contribution in [2.24, 2.45) is 0 Å². The molecule has 0 amide bonds. The summed E-state index contributed by atoms with van der Waals surface area (Å²) >= 11 is 0. The molecule has 0 saturated heterocycles. The lowest BCUT2D eigenvalue weighted by Gasteiger charge is -2.14. The predicted molar refractivity (Wildman–Crippen MR) is 97.8 cm³/mol. The maximum absolute atomic E-state index is 12.4. The van der Waals surface area contributed by atoms with Crippen molar-refractivity contribution in [3.63, 3.8) is 0 Å². The molecule has 140 valence electrons. The largest absolute Gasteiger partial charge is 0.504 e. The van der Waals surface area contributed by atoms with Crippen LogP contribution >= 0.6 is 0 Å². The molecular formula is C20H24O6. The molecular weight excluding hydrogens is 336 g/mol. The SMILES string of the molecule is CCOc1ccc(CC(=O)Cc2cc(OC)c(OC)c(OC)c2)cc1O. The fourth-order valence-electron chi connectivity index (χ4n) is 2.71. The normalized spacial score (nSPS) is 10.3. The Hall–Kier alpha value is -2.89. The zero-order chi connectivity index (χ0) is 19.1. The van der Waals surface area contributed by atoms with Crippen molar-refractivity contribution in [2.45, 2.75) is 19.8 Å². The number of hydrogen-bond donors (Lipinski definition) is 1. The highest BCUT2D eigenvalue weighted by atomic mass is 16.5. The molecule has 0 unspecified atom stereocenters. The van der Waals surface area contributed by atoms with E-state index in [0.717, 1.165) is 11.1 Å². The van der Waals surface area contributed by atoms with E-state index in [0.29, 0.717) is 29.6 Å². The molecule has 0 radical (unpaired) electrons. The molecule has 6 nitrogen and oxygen atoms in total. The number of carbonyl (C=O) groups is 1. The molecule has 0 fully saturated rings. The molecule has 0 atom stereocenters. The summed E-state index contributed by atoms with van der Waals surface area (Å²) in [5, 5.41) is 9.94. The summed E-state index contributed by atoms with van der Waals surface area (Å²) in [6.45, 7) is 2.31. The zero-order valence-electron chi connectivity index (χ0n) is 15.5. The second-order valence-electron chi connectivity index (χ2n) is 5.66. The monoisotopic (exact) mass is 360 g/mol. The fourth-order valence-corrected chi connectivity index (χ4v) is 2.71. The Morgan fingerprint density at radius 1 is 0.885 bits per heavy atom. The van der Waals surface area contributed by atoms with Crippen molar-refractivity contribution in [1.82, 2.24) is 0 Å². The number of phenols is 1. The third kappa shape index (κ3) is 4.59. The number of ether oxygens (including phenoxy) is 4. The molecule has 0 aliphatic rings. The van der Waals surface area contributed by atoms with Gasteiger partial charge in [0.2, 0.25) is 5.75 Å². The number of ketones is 1. The van der Waals surface area contributed by atoms with Crippen molar-refractivity contribution in [3.05, 3.63) is 41.5 Å². The van der Waals surface area contributed by atoms with E-state index in [4.69, 9.17) is 18.9 Å². The van der Waals surface area contributed by atoms with Gasteiger partial charge in [0, 0.05) is 12.8 Å². The molecule has 0 bridgehead atoms. The highest BCUT2D eigenvalue weighted by molar-refractivity contribution is 5.83. The van der Waals surface area contributed by atoms with Crippen LogP contribution < -0.4 is 18.9 Å². The van der Waals surface area contributed by atoms with Gasteiger partial charge in [-0.25, -0.2) is 0 Å². The van der Waals surface area contributed by atoms with Crippen molar-refractivity contribution in [2.75, 3.05) is 27.9 Å². The van der Waals surface area contributed by atoms with E-state index in [1.54, 1.807) is 30.3 Å². The van der Waals surface area contributed by atoms with Crippen molar-refractivity contribution in [1.29, 1.82) is 0 Å². The minimum absolute atomic E-state index is 0.00262. The Bertz CT molecular complexity index is 744. The van der Waals surface area contributed by atoms with Gasteiger partial charge in [0.25, 0.3) is 0 Å². The maximum atomic E-state index is 12.4. The number of benzene rings is 2. The first kappa shape index (κ1) is 19.4. The lowest BCUT2D eigenvalue weighted by atomic mass is 10.0. The first-order valence-corrected chi connectivity index (χ1v) is 8.27. The van der Waals surface area contributed by atoms with E-state index in [2.05, 4.69) is 0 Å². The third-order valence-electron chi connectivity index (χ3n) is 3.85. The minimum Gasteiger partial charge on any atom is -0.504 e. The number of hydrogen-bond acceptors (Lipinski definition) is 6. The van der Waals surface area contributed by atoms with E-state index in [9.17, 15) is 9.90 Å². The van der Waals surface area contributed by atoms with Gasteiger partial charge >= 0.3 is 0 Å². The third-order valence-corrected chi connectivity index (χ3v) is 3.85. The average molecular weight is 360 g/mol. The lowest BCUT2D eigenvalue weighted by Crippen LogP contribution is -2.07. The van der Waals surface area contributed by atoms with Crippen LogP contribution in [-0.2, 0) is 17.6 Å². The number of Topliss-reactive ketones (excluding diaryl/α,β-unsaturated/α-hetero) is 1. The first-order valence-electron chi connectivity index (χ1n) is 8.27. The van der Waals surface area contributed by atoms with Gasteiger partial charge in [0.1, 0.15) is 5.78 Å². The maximum Gasteiger partial charge on any atom is 0.203 e. The van der Waals surface area contributed by atoms with Gasteiger partial charge in [-0.15, -0.1) is 0 Å². The molecule has 0 saturated carbocycles. The van der Waals surface area contributed by atoms with Gasteiger partial charge in [-0.05, 0) is 42.3 Å². The average Bonchev–Trinajstić information content (AvgIpc) is 2.63. The summed E-state index contributed by atoms with van der Waals surface area (Å²) in [4.78, 5) is 12.4. The summed E-state index contributed by atoms with van der Waals surface area (Å²) < 4.78 is 21.2. The Morgan fingerprint density at radius 2 is 1.50 bits per heavy atom. The van der Waals surface area contributed by atoms with Gasteiger partial charge in [-0.3, -0.25) is 4.79 Å².